The van der Waals surface area contributed by atoms with Crippen LogP contribution in [0, 0.1) is 0 Å². The van der Waals surface area contributed by atoms with Crippen LogP contribution in [0.25, 0.3) is 11.3 Å². The van der Waals surface area contributed by atoms with Crippen LogP contribution in [0.2, 0.25) is 0 Å². The second-order valence-electron chi connectivity index (χ2n) is 6.72. The molecule has 1 amide bonds. The van der Waals surface area contributed by atoms with Gasteiger partial charge in [-0.25, -0.2) is 4.98 Å². The van der Waals surface area contributed by atoms with Crippen molar-refractivity contribution in [3.05, 3.63) is 90.3 Å². The molecular weight excluding hydrogens is 392 g/mol. The SMILES string of the molecule is NC(=O)c1cc(COc2cccc(Nc3cc(-c4ccccc4)nc(N)n3)c2)ccn1. The third-order valence-electron chi connectivity index (χ3n) is 4.40. The average Bonchev–Trinajstić information content (AvgIpc) is 2.78. The van der Waals surface area contributed by atoms with E-state index in [1.807, 2.05) is 60.7 Å². The highest BCUT2D eigenvalue weighted by atomic mass is 16.5. The Labute approximate surface area is 178 Å². The summed E-state index contributed by atoms with van der Waals surface area (Å²) in [6.45, 7) is 0.269. The maximum absolute atomic E-state index is 11.3. The van der Waals surface area contributed by atoms with Gasteiger partial charge in [-0.3, -0.25) is 9.78 Å². The molecule has 4 rings (SSSR count). The van der Waals surface area contributed by atoms with Crippen molar-refractivity contribution in [2.24, 2.45) is 5.73 Å². The van der Waals surface area contributed by atoms with Gasteiger partial charge in [0.2, 0.25) is 5.95 Å². The molecule has 0 unspecified atom stereocenters. The van der Waals surface area contributed by atoms with Gasteiger partial charge in [-0.2, -0.15) is 4.98 Å². The van der Waals surface area contributed by atoms with E-state index < -0.39 is 5.91 Å². The first kappa shape index (κ1) is 19.8. The lowest BCUT2D eigenvalue weighted by Gasteiger charge is -2.11. The lowest BCUT2D eigenvalue weighted by molar-refractivity contribution is 0.0995. The highest BCUT2D eigenvalue weighted by Crippen LogP contribution is 2.25. The van der Waals surface area contributed by atoms with E-state index in [9.17, 15) is 4.79 Å². The fourth-order valence-corrected chi connectivity index (χ4v) is 2.96. The van der Waals surface area contributed by atoms with E-state index in [1.54, 1.807) is 12.1 Å². The molecule has 4 aromatic rings. The molecule has 0 aliphatic carbocycles. The Morgan fingerprint density at radius 1 is 0.968 bits per heavy atom. The molecule has 0 saturated heterocycles. The Morgan fingerprint density at radius 2 is 1.81 bits per heavy atom. The average molecular weight is 412 g/mol. The number of ether oxygens (including phenoxy) is 1. The van der Waals surface area contributed by atoms with Crippen LogP contribution in [0.3, 0.4) is 0 Å². The smallest absolute Gasteiger partial charge is 0.267 e. The maximum atomic E-state index is 11.3. The number of pyridine rings is 1. The largest absolute Gasteiger partial charge is 0.489 e. The highest BCUT2D eigenvalue weighted by molar-refractivity contribution is 5.90. The van der Waals surface area contributed by atoms with E-state index in [0.29, 0.717) is 11.6 Å². The van der Waals surface area contributed by atoms with Crippen LogP contribution in [0.5, 0.6) is 5.75 Å². The minimum absolute atomic E-state index is 0.180. The summed E-state index contributed by atoms with van der Waals surface area (Å²) in [5, 5.41) is 3.24. The monoisotopic (exact) mass is 412 g/mol. The van der Waals surface area contributed by atoms with Crippen LogP contribution < -0.4 is 21.5 Å². The fourth-order valence-electron chi connectivity index (χ4n) is 2.96. The van der Waals surface area contributed by atoms with E-state index in [2.05, 4.69) is 20.3 Å². The number of carbonyl (C=O) groups is 1. The molecular formula is C23H20N6O2. The van der Waals surface area contributed by atoms with Gasteiger partial charge in [-0.05, 0) is 29.8 Å². The number of nitrogens with one attached hydrogen (secondary N) is 1. The Balaban J connectivity index is 1.48. The quantitative estimate of drug-likeness (QED) is 0.423. The van der Waals surface area contributed by atoms with Crippen molar-refractivity contribution < 1.29 is 9.53 Å². The summed E-state index contributed by atoms with van der Waals surface area (Å²) in [7, 11) is 0. The molecule has 2 aromatic heterocycles. The summed E-state index contributed by atoms with van der Waals surface area (Å²) in [5.74, 6) is 0.822. The van der Waals surface area contributed by atoms with Crippen molar-refractivity contribution >= 4 is 23.4 Å². The molecule has 31 heavy (non-hydrogen) atoms. The number of carbonyl (C=O) groups excluding carboxylic acids is 1. The number of hydrogen-bond donors (Lipinski definition) is 3. The second kappa shape index (κ2) is 8.91. The van der Waals surface area contributed by atoms with Crippen molar-refractivity contribution in [3.63, 3.8) is 0 Å². The molecule has 154 valence electrons. The van der Waals surface area contributed by atoms with Gasteiger partial charge in [-0.15, -0.1) is 0 Å². The minimum Gasteiger partial charge on any atom is -0.489 e. The Morgan fingerprint density at radius 3 is 2.61 bits per heavy atom. The van der Waals surface area contributed by atoms with Crippen molar-refractivity contribution in [3.8, 4) is 17.0 Å². The Kier molecular flexibility index (Phi) is 5.70. The summed E-state index contributed by atoms with van der Waals surface area (Å²) >= 11 is 0. The zero-order chi connectivity index (χ0) is 21.6. The normalized spacial score (nSPS) is 10.5. The molecule has 0 spiro atoms. The van der Waals surface area contributed by atoms with E-state index in [1.165, 1.54) is 6.20 Å². The predicted octanol–water partition coefficient (Wildman–Crippen LogP) is 3.54. The molecule has 0 saturated carbocycles. The molecule has 0 atom stereocenters. The van der Waals surface area contributed by atoms with Gasteiger partial charge in [0.1, 0.15) is 23.9 Å². The maximum Gasteiger partial charge on any atom is 0.267 e. The first-order valence-electron chi connectivity index (χ1n) is 9.51. The molecule has 0 radical (unpaired) electrons. The van der Waals surface area contributed by atoms with Crippen LogP contribution in [-0.4, -0.2) is 20.9 Å². The molecule has 5 N–H and O–H groups in total. The van der Waals surface area contributed by atoms with Crippen LogP contribution in [0.4, 0.5) is 17.5 Å². The Hall–Kier alpha value is -4.46. The molecule has 2 heterocycles. The molecule has 0 bridgehead atoms. The van der Waals surface area contributed by atoms with Crippen LogP contribution in [-0.2, 0) is 6.61 Å². The van der Waals surface area contributed by atoms with Crippen molar-refractivity contribution in [2.45, 2.75) is 6.61 Å². The third-order valence-corrected chi connectivity index (χ3v) is 4.40. The summed E-state index contributed by atoms with van der Waals surface area (Å²) in [5.41, 5.74) is 14.6. The van der Waals surface area contributed by atoms with Gasteiger partial charge >= 0.3 is 0 Å². The van der Waals surface area contributed by atoms with Gasteiger partial charge in [-0.1, -0.05) is 36.4 Å². The van der Waals surface area contributed by atoms with E-state index >= 15 is 0 Å². The molecule has 0 fully saturated rings. The summed E-state index contributed by atoms with van der Waals surface area (Å²) in [4.78, 5) is 23.8. The first-order chi connectivity index (χ1) is 15.1. The number of anilines is 3. The second-order valence-corrected chi connectivity index (χ2v) is 6.72. The number of nitrogens with two attached hydrogens (primary N) is 2. The van der Waals surface area contributed by atoms with Gasteiger partial charge in [0.05, 0.1) is 5.69 Å². The fraction of sp³-hybridized carbons (Fsp3) is 0.0435. The van der Waals surface area contributed by atoms with Gasteiger partial charge < -0.3 is 21.5 Å². The van der Waals surface area contributed by atoms with Gasteiger partial charge in [0, 0.05) is 29.6 Å². The van der Waals surface area contributed by atoms with Gasteiger partial charge in [0.15, 0.2) is 0 Å². The Bertz CT molecular complexity index is 1210. The van der Waals surface area contributed by atoms with Crippen molar-refractivity contribution in [1.82, 2.24) is 15.0 Å². The number of nitrogen functional groups attached to an aromatic ring is 1. The number of amides is 1. The van der Waals surface area contributed by atoms with Crippen molar-refractivity contribution in [1.29, 1.82) is 0 Å². The number of primary amides is 1. The van der Waals surface area contributed by atoms with Gasteiger partial charge in [0.25, 0.3) is 5.91 Å². The molecule has 2 aromatic carbocycles. The van der Waals surface area contributed by atoms with Crippen molar-refractivity contribution in [2.75, 3.05) is 11.1 Å². The lowest BCUT2D eigenvalue weighted by Crippen LogP contribution is -2.13. The highest BCUT2D eigenvalue weighted by Gasteiger charge is 2.07. The predicted molar refractivity (Wildman–Crippen MR) is 119 cm³/mol. The van der Waals surface area contributed by atoms with E-state index in [4.69, 9.17) is 16.2 Å². The summed E-state index contributed by atoms with van der Waals surface area (Å²) in [6, 6.07) is 22.4. The zero-order valence-electron chi connectivity index (χ0n) is 16.5. The number of nitrogens with zero attached hydrogens (tertiary/aromatic N) is 3. The van der Waals surface area contributed by atoms with E-state index in [0.717, 1.165) is 22.5 Å². The number of rotatable bonds is 7. The number of aromatic nitrogens is 3. The zero-order valence-corrected chi connectivity index (χ0v) is 16.5. The van der Waals surface area contributed by atoms with Crippen LogP contribution in [0.1, 0.15) is 16.1 Å². The lowest BCUT2D eigenvalue weighted by atomic mass is 10.1. The first-order valence-corrected chi connectivity index (χ1v) is 9.51. The number of benzene rings is 2. The molecule has 8 nitrogen and oxygen atoms in total. The van der Waals surface area contributed by atoms with Crippen LogP contribution in [0.15, 0.2) is 79.0 Å². The summed E-state index contributed by atoms with van der Waals surface area (Å²) in [6.07, 6.45) is 1.53. The molecule has 0 aliphatic rings. The van der Waals surface area contributed by atoms with Crippen LogP contribution >= 0.6 is 0 Å². The molecule has 8 heteroatoms. The third kappa shape index (κ3) is 5.13. The standard InChI is InChI=1S/C23H20N6O2/c24-22(30)20-11-15(9-10-26-20)14-31-18-8-4-7-17(12-18)27-21-13-19(28-23(25)29-21)16-5-2-1-3-6-16/h1-13H,14H2,(H2,24,30)(H3,25,27,28,29). The topological polar surface area (TPSA) is 129 Å². The summed E-state index contributed by atoms with van der Waals surface area (Å²) < 4.78 is 5.84. The molecule has 0 aliphatic heterocycles. The minimum atomic E-state index is -0.577. The number of hydrogen-bond acceptors (Lipinski definition) is 7. The van der Waals surface area contributed by atoms with E-state index in [-0.39, 0.29) is 18.2 Å².